The van der Waals surface area contributed by atoms with Crippen LogP contribution in [0.3, 0.4) is 0 Å². The number of halogens is 1. The summed E-state index contributed by atoms with van der Waals surface area (Å²) in [6.07, 6.45) is 0.761. The minimum Gasteiger partial charge on any atom is -0.396 e. The van der Waals surface area contributed by atoms with Crippen molar-refractivity contribution in [2.75, 3.05) is 44.9 Å². The minimum absolute atomic E-state index is 0.207. The SMILES string of the molecule is CCN(CCCO)c1cc(Cl)ccc1CNCCOC. The maximum atomic E-state index is 9.00. The summed E-state index contributed by atoms with van der Waals surface area (Å²) in [6, 6.07) is 5.97. The Morgan fingerprint density at radius 1 is 1.40 bits per heavy atom. The van der Waals surface area contributed by atoms with Crippen LogP contribution in [0.1, 0.15) is 18.9 Å². The van der Waals surface area contributed by atoms with Gasteiger partial charge in [-0.15, -0.1) is 0 Å². The number of methoxy groups -OCH3 is 1. The number of nitrogens with zero attached hydrogens (tertiary/aromatic N) is 1. The van der Waals surface area contributed by atoms with Gasteiger partial charge in [0.25, 0.3) is 0 Å². The van der Waals surface area contributed by atoms with Crippen LogP contribution >= 0.6 is 11.6 Å². The number of rotatable bonds is 10. The molecule has 0 unspecified atom stereocenters. The zero-order valence-electron chi connectivity index (χ0n) is 12.4. The molecule has 20 heavy (non-hydrogen) atoms. The highest BCUT2D eigenvalue weighted by Crippen LogP contribution is 2.25. The molecule has 0 aliphatic carbocycles. The summed E-state index contributed by atoms with van der Waals surface area (Å²) < 4.78 is 5.03. The smallest absolute Gasteiger partial charge is 0.0587 e. The third-order valence-corrected chi connectivity index (χ3v) is 3.39. The highest BCUT2D eigenvalue weighted by molar-refractivity contribution is 6.30. The summed E-state index contributed by atoms with van der Waals surface area (Å²) in [5.74, 6) is 0. The molecule has 1 aromatic carbocycles. The van der Waals surface area contributed by atoms with E-state index in [1.54, 1.807) is 7.11 Å². The average Bonchev–Trinajstić information content (AvgIpc) is 2.46. The summed E-state index contributed by atoms with van der Waals surface area (Å²) in [5.41, 5.74) is 2.35. The predicted octanol–water partition coefficient (Wildman–Crippen LogP) is 2.28. The Bertz CT molecular complexity index is 388. The standard InChI is InChI=1S/C15H25ClN2O2/c1-3-18(8-4-9-19)15-11-14(16)6-5-13(15)12-17-7-10-20-2/h5-6,11,17,19H,3-4,7-10,12H2,1-2H3. The van der Waals surface area contributed by atoms with Crippen molar-refractivity contribution in [1.29, 1.82) is 0 Å². The van der Waals surface area contributed by atoms with Gasteiger partial charge in [0.1, 0.15) is 0 Å². The van der Waals surface area contributed by atoms with Crippen molar-refractivity contribution in [3.05, 3.63) is 28.8 Å². The number of aliphatic hydroxyl groups is 1. The number of anilines is 1. The summed E-state index contributed by atoms with van der Waals surface area (Å²) in [5, 5.41) is 13.1. The van der Waals surface area contributed by atoms with E-state index in [0.29, 0.717) is 6.61 Å². The van der Waals surface area contributed by atoms with Gasteiger partial charge in [0.2, 0.25) is 0 Å². The van der Waals surface area contributed by atoms with E-state index in [1.165, 1.54) is 5.56 Å². The monoisotopic (exact) mass is 300 g/mol. The summed E-state index contributed by atoms with van der Waals surface area (Å²) in [4.78, 5) is 2.25. The third kappa shape index (κ3) is 5.67. The van der Waals surface area contributed by atoms with E-state index < -0.39 is 0 Å². The topological polar surface area (TPSA) is 44.7 Å². The third-order valence-electron chi connectivity index (χ3n) is 3.15. The Balaban J connectivity index is 2.76. The molecule has 0 saturated carbocycles. The largest absolute Gasteiger partial charge is 0.396 e. The van der Waals surface area contributed by atoms with Crippen molar-refractivity contribution in [3.8, 4) is 0 Å². The van der Waals surface area contributed by atoms with Gasteiger partial charge in [0.15, 0.2) is 0 Å². The van der Waals surface area contributed by atoms with Crippen molar-refractivity contribution in [2.45, 2.75) is 19.9 Å². The normalized spacial score (nSPS) is 10.8. The zero-order valence-corrected chi connectivity index (χ0v) is 13.1. The zero-order chi connectivity index (χ0) is 14.8. The van der Waals surface area contributed by atoms with Crippen molar-refractivity contribution in [2.24, 2.45) is 0 Å². The molecular weight excluding hydrogens is 276 g/mol. The molecule has 114 valence electrons. The molecule has 0 bridgehead atoms. The van der Waals surface area contributed by atoms with Crippen molar-refractivity contribution >= 4 is 17.3 Å². The van der Waals surface area contributed by atoms with Crippen LogP contribution in [0.2, 0.25) is 5.02 Å². The second-order valence-electron chi connectivity index (χ2n) is 4.60. The summed E-state index contributed by atoms with van der Waals surface area (Å²) in [7, 11) is 1.70. The minimum atomic E-state index is 0.207. The molecule has 0 radical (unpaired) electrons. The van der Waals surface area contributed by atoms with Gasteiger partial charge in [-0.3, -0.25) is 0 Å². The predicted molar refractivity (Wildman–Crippen MR) is 84.6 cm³/mol. The number of hydrogen-bond donors (Lipinski definition) is 2. The van der Waals surface area contributed by atoms with Gasteiger partial charge in [-0.25, -0.2) is 0 Å². The fourth-order valence-electron chi connectivity index (χ4n) is 2.09. The molecule has 0 atom stereocenters. The van der Waals surface area contributed by atoms with Crippen molar-refractivity contribution < 1.29 is 9.84 Å². The number of aliphatic hydroxyl groups excluding tert-OH is 1. The number of ether oxygens (including phenoxy) is 1. The van der Waals surface area contributed by atoms with Gasteiger partial charge in [-0.2, -0.15) is 0 Å². The highest BCUT2D eigenvalue weighted by Gasteiger charge is 2.10. The molecule has 0 amide bonds. The fourth-order valence-corrected chi connectivity index (χ4v) is 2.25. The van der Waals surface area contributed by atoms with E-state index in [4.69, 9.17) is 21.4 Å². The van der Waals surface area contributed by atoms with Crippen molar-refractivity contribution in [1.82, 2.24) is 5.32 Å². The van der Waals surface area contributed by atoms with Crippen LogP contribution in [0.4, 0.5) is 5.69 Å². The second-order valence-corrected chi connectivity index (χ2v) is 5.04. The molecule has 0 spiro atoms. The molecule has 0 saturated heterocycles. The summed E-state index contributed by atoms with van der Waals surface area (Å²) in [6.45, 7) is 6.35. The van der Waals surface area contributed by atoms with E-state index in [2.05, 4.69) is 23.2 Å². The Labute approximate surface area is 126 Å². The molecule has 2 N–H and O–H groups in total. The molecule has 0 aliphatic heterocycles. The first-order chi connectivity index (χ1) is 9.72. The van der Waals surface area contributed by atoms with E-state index in [1.807, 2.05) is 12.1 Å². The lowest BCUT2D eigenvalue weighted by molar-refractivity contribution is 0.199. The van der Waals surface area contributed by atoms with Gasteiger partial charge in [0, 0.05) is 50.6 Å². The molecule has 0 heterocycles. The van der Waals surface area contributed by atoms with Crippen LogP contribution in [-0.2, 0) is 11.3 Å². The average molecular weight is 301 g/mol. The molecule has 4 nitrogen and oxygen atoms in total. The van der Waals surface area contributed by atoms with Gasteiger partial charge in [-0.1, -0.05) is 17.7 Å². The van der Waals surface area contributed by atoms with Crippen LogP contribution in [0.15, 0.2) is 18.2 Å². The van der Waals surface area contributed by atoms with Gasteiger partial charge in [-0.05, 0) is 31.0 Å². The van der Waals surface area contributed by atoms with Gasteiger partial charge >= 0.3 is 0 Å². The number of hydrogen-bond acceptors (Lipinski definition) is 4. The number of nitrogens with one attached hydrogen (secondary N) is 1. The maximum absolute atomic E-state index is 9.00. The van der Waals surface area contributed by atoms with Gasteiger partial charge in [0.05, 0.1) is 6.61 Å². The molecular formula is C15H25ClN2O2. The maximum Gasteiger partial charge on any atom is 0.0587 e. The van der Waals surface area contributed by atoms with Crippen LogP contribution in [-0.4, -0.2) is 45.1 Å². The number of benzene rings is 1. The van der Waals surface area contributed by atoms with E-state index in [0.717, 1.165) is 43.3 Å². The fraction of sp³-hybridized carbons (Fsp3) is 0.600. The van der Waals surface area contributed by atoms with Crippen LogP contribution in [0.25, 0.3) is 0 Å². The van der Waals surface area contributed by atoms with E-state index in [9.17, 15) is 0 Å². The highest BCUT2D eigenvalue weighted by atomic mass is 35.5. The first-order valence-electron chi connectivity index (χ1n) is 7.06. The molecule has 1 aromatic rings. The Hall–Kier alpha value is -0.810. The van der Waals surface area contributed by atoms with Crippen LogP contribution in [0.5, 0.6) is 0 Å². The Morgan fingerprint density at radius 2 is 2.20 bits per heavy atom. The Morgan fingerprint density at radius 3 is 2.85 bits per heavy atom. The molecule has 0 aromatic heterocycles. The quantitative estimate of drug-likeness (QED) is 0.651. The molecule has 0 fully saturated rings. The Kier molecular flexibility index (Phi) is 8.62. The first-order valence-corrected chi connectivity index (χ1v) is 7.44. The van der Waals surface area contributed by atoms with E-state index >= 15 is 0 Å². The van der Waals surface area contributed by atoms with Crippen LogP contribution in [0, 0.1) is 0 Å². The van der Waals surface area contributed by atoms with Crippen LogP contribution < -0.4 is 10.2 Å². The van der Waals surface area contributed by atoms with E-state index in [-0.39, 0.29) is 6.61 Å². The lowest BCUT2D eigenvalue weighted by Gasteiger charge is -2.26. The molecule has 1 rings (SSSR count). The lowest BCUT2D eigenvalue weighted by Crippen LogP contribution is -2.27. The lowest BCUT2D eigenvalue weighted by atomic mass is 10.1. The van der Waals surface area contributed by atoms with Crippen molar-refractivity contribution in [3.63, 3.8) is 0 Å². The van der Waals surface area contributed by atoms with Gasteiger partial charge < -0.3 is 20.1 Å². The molecule has 0 aliphatic rings. The first kappa shape index (κ1) is 17.2. The molecule has 5 heteroatoms. The summed E-state index contributed by atoms with van der Waals surface area (Å²) >= 11 is 6.12. The second kappa shape index (κ2) is 10.00.